The average Bonchev–Trinajstić information content (AvgIpc) is 2.51. The fraction of sp³-hybridized carbons (Fsp3) is 0.0667. The molecule has 0 spiro atoms. The molecule has 0 saturated carbocycles. The molecule has 2 aromatic rings. The number of amidine groups is 1. The van der Waals surface area contributed by atoms with Crippen LogP contribution in [0.4, 0.5) is 14.5 Å². The molecule has 0 aliphatic carbocycles. The Hall–Kier alpha value is -2.21. The minimum Gasteiger partial charge on any atom is -0.255 e. The van der Waals surface area contributed by atoms with Crippen molar-refractivity contribution in [3.8, 4) is 0 Å². The molecular formula is C15H11F2N3S. The molecule has 3 nitrogen and oxygen atoms in total. The van der Waals surface area contributed by atoms with E-state index in [0.717, 1.165) is 11.3 Å². The number of hydrogen-bond acceptors (Lipinski definition) is 3. The number of para-hydroxylation sites is 1. The Morgan fingerprint density at radius 3 is 2.48 bits per heavy atom. The highest BCUT2D eigenvalue weighted by molar-refractivity contribution is 8.14. The van der Waals surface area contributed by atoms with Crippen LogP contribution in [0.3, 0.4) is 0 Å². The van der Waals surface area contributed by atoms with E-state index in [4.69, 9.17) is 0 Å². The second-order valence-corrected chi connectivity index (χ2v) is 5.30. The van der Waals surface area contributed by atoms with Crippen molar-refractivity contribution in [1.29, 1.82) is 0 Å². The lowest BCUT2D eigenvalue weighted by Gasteiger charge is -2.14. The van der Waals surface area contributed by atoms with Crippen LogP contribution in [0.15, 0.2) is 58.6 Å². The molecule has 106 valence electrons. The van der Waals surface area contributed by atoms with Crippen LogP contribution in [0.1, 0.15) is 5.56 Å². The lowest BCUT2D eigenvalue weighted by molar-refractivity contribution is 0.627. The van der Waals surface area contributed by atoms with Gasteiger partial charge in [-0.2, -0.15) is 5.10 Å². The maximum absolute atomic E-state index is 13.5. The fourth-order valence-electron chi connectivity index (χ4n) is 1.82. The topological polar surface area (TPSA) is 36.8 Å². The van der Waals surface area contributed by atoms with Crippen molar-refractivity contribution in [1.82, 2.24) is 5.43 Å². The Bertz CT molecular complexity index is 711. The van der Waals surface area contributed by atoms with Gasteiger partial charge in [0, 0.05) is 5.75 Å². The molecule has 1 aliphatic heterocycles. The lowest BCUT2D eigenvalue weighted by atomic mass is 10.1. The number of hydrazone groups is 1. The molecule has 21 heavy (non-hydrogen) atoms. The van der Waals surface area contributed by atoms with Gasteiger partial charge in [0.05, 0.1) is 5.71 Å². The first kappa shape index (κ1) is 13.8. The van der Waals surface area contributed by atoms with Gasteiger partial charge < -0.3 is 0 Å². The van der Waals surface area contributed by atoms with Gasteiger partial charge in [-0.05, 0) is 29.8 Å². The van der Waals surface area contributed by atoms with Crippen LogP contribution in [0.5, 0.6) is 0 Å². The Kier molecular flexibility index (Phi) is 3.96. The molecular weight excluding hydrogens is 292 g/mol. The summed E-state index contributed by atoms with van der Waals surface area (Å²) in [5.74, 6) is -0.0652. The Morgan fingerprint density at radius 2 is 1.81 bits per heavy atom. The van der Waals surface area contributed by atoms with Gasteiger partial charge in [-0.1, -0.05) is 36.0 Å². The summed E-state index contributed by atoms with van der Waals surface area (Å²) in [6, 6.07) is 12.4. The van der Waals surface area contributed by atoms with Crippen molar-refractivity contribution >= 4 is 28.3 Å². The second-order valence-electron chi connectivity index (χ2n) is 4.33. The molecule has 0 aromatic heterocycles. The summed E-state index contributed by atoms with van der Waals surface area (Å²) in [5, 5.41) is 4.74. The molecule has 3 rings (SSSR count). The standard InChI is InChI=1S/C15H11F2N3S/c16-11-7-5-10(6-8-11)14-9-21-15(20-19-14)18-13-4-2-1-3-12(13)17/h1-8H,9H2,(H,18,20). The van der Waals surface area contributed by atoms with E-state index >= 15 is 0 Å². The number of nitrogens with zero attached hydrogens (tertiary/aromatic N) is 2. The third-order valence-electron chi connectivity index (χ3n) is 2.88. The van der Waals surface area contributed by atoms with E-state index < -0.39 is 0 Å². The zero-order valence-electron chi connectivity index (χ0n) is 10.9. The molecule has 1 N–H and O–H groups in total. The van der Waals surface area contributed by atoms with Gasteiger partial charge in [0.15, 0.2) is 5.17 Å². The number of thioether (sulfide) groups is 1. The summed E-state index contributed by atoms with van der Waals surface area (Å²) >= 11 is 1.42. The highest BCUT2D eigenvalue weighted by atomic mass is 32.2. The summed E-state index contributed by atoms with van der Waals surface area (Å²) in [5.41, 5.74) is 4.72. The number of hydrogen-bond donors (Lipinski definition) is 1. The lowest BCUT2D eigenvalue weighted by Crippen LogP contribution is -2.25. The van der Waals surface area contributed by atoms with Crippen LogP contribution in [-0.4, -0.2) is 16.6 Å². The van der Waals surface area contributed by atoms with Crippen molar-refractivity contribution in [2.45, 2.75) is 0 Å². The molecule has 2 aromatic carbocycles. The Labute approximate surface area is 124 Å². The molecule has 0 radical (unpaired) electrons. The molecule has 0 amide bonds. The largest absolute Gasteiger partial charge is 0.255 e. The van der Waals surface area contributed by atoms with Gasteiger partial charge in [0.25, 0.3) is 0 Å². The summed E-state index contributed by atoms with van der Waals surface area (Å²) in [6.45, 7) is 0. The first-order chi connectivity index (χ1) is 10.2. The van der Waals surface area contributed by atoms with Crippen LogP contribution in [0.25, 0.3) is 0 Å². The van der Waals surface area contributed by atoms with E-state index in [9.17, 15) is 8.78 Å². The number of benzene rings is 2. The van der Waals surface area contributed by atoms with Crippen LogP contribution in [0, 0.1) is 11.6 Å². The quantitative estimate of drug-likeness (QED) is 0.918. The van der Waals surface area contributed by atoms with Crippen LogP contribution >= 0.6 is 11.8 Å². The first-order valence-electron chi connectivity index (χ1n) is 6.27. The Morgan fingerprint density at radius 1 is 1.05 bits per heavy atom. The van der Waals surface area contributed by atoms with E-state index in [2.05, 4.69) is 15.5 Å². The third-order valence-corrected chi connectivity index (χ3v) is 3.76. The first-order valence-corrected chi connectivity index (χ1v) is 7.25. The van der Waals surface area contributed by atoms with Gasteiger partial charge in [0.1, 0.15) is 17.3 Å². The predicted molar refractivity (Wildman–Crippen MR) is 82.0 cm³/mol. The monoisotopic (exact) mass is 303 g/mol. The minimum absolute atomic E-state index is 0.271. The fourth-order valence-corrected chi connectivity index (χ4v) is 2.59. The summed E-state index contributed by atoms with van der Waals surface area (Å²) < 4.78 is 26.4. The smallest absolute Gasteiger partial charge is 0.182 e. The maximum atomic E-state index is 13.5. The summed E-state index contributed by atoms with van der Waals surface area (Å²) in [4.78, 5) is 4.19. The SMILES string of the molecule is Fc1ccc(C2=NNC(=Nc3ccccc3F)SC2)cc1. The molecule has 0 saturated heterocycles. The van der Waals surface area contributed by atoms with Crippen LogP contribution in [0.2, 0.25) is 0 Å². The number of halogens is 2. The number of aliphatic imine (C=N–C) groups is 1. The molecule has 1 heterocycles. The van der Waals surface area contributed by atoms with Crippen molar-refractivity contribution < 1.29 is 8.78 Å². The highest BCUT2D eigenvalue weighted by Crippen LogP contribution is 2.21. The molecule has 0 bridgehead atoms. The predicted octanol–water partition coefficient (Wildman–Crippen LogP) is 3.69. The Balaban J connectivity index is 1.77. The van der Waals surface area contributed by atoms with Gasteiger partial charge in [-0.15, -0.1) is 0 Å². The van der Waals surface area contributed by atoms with Crippen molar-refractivity contribution in [3.63, 3.8) is 0 Å². The van der Waals surface area contributed by atoms with Crippen LogP contribution < -0.4 is 5.43 Å². The number of nitrogens with one attached hydrogen (secondary N) is 1. The van der Waals surface area contributed by atoms with E-state index in [1.807, 2.05) is 0 Å². The molecule has 0 unspecified atom stereocenters. The van der Waals surface area contributed by atoms with Gasteiger partial charge in [-0.3, -0.25) is 5.43 Å². The molecule has 1 aliphatic rings. The number of rotatable bonds is 2. The van der Waals surface area contributed by atoms with E-state index in [1.165, 1.54) is 30.0 Å². The van der Waals surface area contributed by atoms with Gasteiger partial charge in [-0.25, -0.2) is 13.8 Å². The zero-order chi connectivity index (χ0) is 14.7. The van der Waals surface area contributed by atoms with E-state index in [-0.39, 0.29) is 17.3 Å². The molecule has 0 fully saturated rings. The molecule has 6 heteroatoms. The zero-order valence-corrected chi connectivity index (χ0v) is 11.7. The summed E-state index contributed by atoms with van der Waals surface area (Å²) in [7, 11) is 0. The van der Waals surface area contributed by atoms with Gasteiger partial charge in [0.2, 0.25) is 0 Å². The minimum atomic E-state index is -0.374. The van der Waals surface area contributed by atoms with Gasteiger partial charge >= 0.3 is 0 Å². The van der Waals surface area contributed by atoms with E-state index in [1.54, 1.807) is 30.3 Å². The highest BCUT2D eigenvalue weighted by Gasteiger charge is 2.13. The normalized spacial score (nSPS) is 16.5. The molecule has 0 atom stereocenters. The van der Waals surface area contributed by atoms with Crippen LogP contribution in [-0.2, 0) is 0 Å². The summed E-state index contributed by atoms with van der Waals surface area (Å²) in [6.07, 6.45) is 0. The van der Waals surface area contributed by atoms with Crippen molar-refractivity contribution in [2.24, 2.45) is 10.1 Å². The van der Waals surface area contributed by atoms with Crippen molar-refractivity contribution in [3.05, 3.63) is 65.7 Å². The average molecular weight is 303 g/mol. The maximum Gasteiger partial charge on any atom is 0.182 e. The second kappa shape index (κ2) is 6.05. The van der Waals surface area contributed by atoms with Crippen molar-refractivity contribution in [2.75, 3.05) is 5.75 Å². The van der Waals surface area contributed by atoms with E-state index in [0.29, 0.717) is 10.9 Å². The third kappa shape index (κ3) is 3.28.